The minimum absolute atomic E-state index is 0.0743. The van der Waals surface area contributed by atoms with Crippen LogP contribution < -0.4 is 5.32 Å². The van der Waals surface area contributed by atoms with Crippen LogP contribution in [-0.2, 0) is 11.2 Å². The summed E-state index contributed by atoms with van der Waals surface area (Å²) in [6.45, 7) is 5.07. The first-order valence-electron chi connectivity index (χ1n) is 5.00. The van der Waals surface area contributed by atoms with E-state index in [4.69, 9.17) is 4.74 Å². The lowest BCUT2D eigenvalue weighted by Gasteiger charge is -2.23. The Hall–Kier alpha value is -1.02. The summed E-state index contributed by atoms with van der Waals surface area (Å²) >= 11 is 0. The Kier molecular flexibility index (Phi) is 2.23. The van der Waals surface area contributed by atoms with Crippen molar-refractivity contribution >= 4 is 5.69 Å². The summed E-state index contributed by atoms with van der Waals surface area (Å²) in [7, 11) is 1.75. The van der Waals surface area contributed by atoms with Gasteiger partial charge in [-0.1, -0.05) is 12.1 Å². The molecule has 14 heavy (non-hydrogen) atoms. The molecule has 0 bridgehead atoms. The molecule has 0 saturated carbocycles. The molecule has 0 saturated heterocycles. The molecule has 2 nitrogen and oxygen atoms in total. The highest BCUT2D eigenvalue weighted by atomic mass is 16.5. The van der Waals surface area contributed by atoms with E-state index >= 15 is 0 Å². The van der Waals surface area contributed by atoms with E-state index in [1.165, 1.54) is 16.8 Å². The van der Waals surface area contributed by atoms with E-state index in [0.717, 1.165) is 13.0 Å². The second kappa shape index (κ2) is 3.28. The number of methoxy groups -OCH3 is 1. The molecule has 1 heterocycles. The summed E-state index contributed by atoms with van der Waals surface area (Å²) in [4.78, 5) is 0. The first kappa shape index (κ1) is 9.53. The summed E-state index contributed by atoms with van der Waals surface area (Å²) in [5.74, 6) is 0. The zero-order chi connectivity index (χ0) is 10.2. The molecule has 1 N–H and O–H groups in total. The van der Waals surface area contributed by atoms with Gasteiger partial charge in [0.15, 0.2) is 0 Å². The van der Waals surface area contributed by atoms with Gasteiger partial charge in [-0.05, 0) is 37.5 Å². The molecular weight excluding hydrogens is 174 g/mol. The van der Waals surface area contributed by atoms with Crippen molar-refractivity contribution in [3.63, 3.8) is 0 Å². The van der Waals surface area contributed by atoms with Crippen LogP contribution in [0.3, 0.4) is 0 Å². The highest BCUT2D eigenvalue weighted by molar-refractivity contribution is 5.60. The van der Waals surface area contributed by atoms with Crippen LogP contribution in [0.1, 0.15) is 18.1 Å². The number of nitrogens with one attached hydrogen (secondary N) is 1. The first-order chi connectivity index (χ1) is 6.63. The van der Waals surface area contributed by atoms with Crippen LogP contribution in [0, 0.1) is 6.92 Å². The number of anilines is 1. The van der Waals surface area contributed by atoms with Gasteiger partial charge in [-0.2, -0.15) is 0 Å². The second-order valence-electron chi connectivity index (χ2n) is 4.46. The molecular formula is C12H17NO. The number of aryl methyl sites for hydroxylation is 1. The van der Waals surface area contributed by atoms with Gasteiger partial charge in [-0.15, -0.1) is 0 Å². The van der Waals surface area contributed by atoms with Crippen molar-refractivity contribution in [2.24, 2.45) is 0 Å². The van der Waals surface area contributed by atoms with E-state index < -0.39 is 0 Å². The molecule has 0 amide bonds. The molecule has 0 aromatic heterocycles. The van der Waals surface area contributed by atoms with Crippen LogP contribution in [0.15, 0.2) is 18.2 Å². The molecule has 0 aliphatic carbocycles. The van der Waals surface area contributed by atoms with E-state index in [1.807, 2.05) is 0 Å². The lowest BCUT2D eigenvalue weighted by Crippen LogP contribution is -2.37. The van der Waals surface area contributed by atoms with Gasteiger partial charge in [0.05, 0.1) is 12.1 Å². The van der Waals surface area contributed by atoms with Crippen molar-refractivity contribution in [1.82, 2.24) is 0 Å². The zero-order valence-electron chi connectivity index (χ0n) is 9.05. The number of hydrogen-bond donors (Lipinski definition) is 1. The second-order valence-corrected chi connectivity index (χ2v) is 4.46. The highest BCUT2D eigenvalue weighted by Gasteiger charge is 2.31. The maximum absolute atomic E-state index is 5.23. The topological polar surface area (TPSA) is 21.3 Å². The number of ether oxygens (including phenoxy) is 1. The van der Waals surface area contributed by atoms with E-state index in [1.54, 1.807) is 7.11 Å². The normalized spacial score (nSPS) is 24.5. The third-order valence-electron chi connectivity index (χ3n) is 2.75. The molecule has 1 unspecified atom stereocenters. The molecule has 2 rings (SSSR count). The van der Waals surface area contributed by atoms with Crippen molar-refractivity contribution in [2.75, 3.05) is 19.0 Å². The van der Waals surface area contributed by atoms with Gasteiger partial charge < -0.3 is 10.1 Å². The van der Waals surface area contributed by atoms with Gasteiger partial charge in [-0.3, -0.25) is 0 Å². The van der Waals surface area contributed by atoms with Crippen molar-refractivity contribution in [3.05, 3.63) is 29.3 Å². The molecule has 2 heteroatoms. The van der Waals surface area contributed by atoms with Crippen LogP contribution in [0.5, 0.6) is 0 Å². The van der Waals surface area contributed by atoms with Crippen molar-refractivity contribution in [2.45, 2.75) is 25.8 Å². The summed E-state index contributed by atoms with van der Waals surface area (Å²) in [6.07, 6.45) is 1.05. The molecule has 1 atom stereocenters. The fourth-order valence-corrected chi connectivity index (χ4v) is 2.16. The molecule has 0 radical (unpaired) electrons. The first-order valence-corrected chi connectivity index (χ1v) is 5.00. The van der Waals surface area contributed by atoms with Crippen LogP contribution in [0.4, 0.5) is 5.69 Å². The predicted molar refractivity (Wildman–Crippen MR) is 58.8 cm³/mol. The van der Waals surface area contributed by atoms with Crippen LogP contribution in [0.2, 0.25) is 0 Å². The summed E-state index contributed by atoms with van der Waals surface area (Å²) in [6, 6.07) is 6.58. The summed E-state index contributed by atoms with van der Waals surface area (Å²) in [5, 5.41) is 3.53. The Labute approximate surface area is 85.3 Å². The number of hydrogen-bond acceptors (Lipinski definition) is 2. The third kappa shape index (κ3) is 1.62. The average molecular weight is 191 g/mol. The lowest BCUT2D eigenvalue weighted by atomic mass is 9.98. The van der Waals surface area contributed by atoms with Crippen LogP contribution in [-0.4, -0.2) is 19.3 Å². The van der Waals surface area contributed by atoms with Gasteiger partial charge >= 0.3 is 0 Å². The van der Waals surface area contributed by atoms with Gasteiger partial charge in [0, 0.05) is 12.8 Å². The number of benzene rings is 1. The maximum Gasteiger partial charge on any atom is 0.0693 e. The van der Waals surface area contributed by atoms with Crippen LogP contribution >= 0.6 is 0 Å². The summed E-state index contributed by atoms with van der Waals surface area (Å²) in [5.41, 5.74) is 4.04. The quantitative estimate of drug-likeness (QED) is 0.775. The Bertz CT molecular complexity index is 348. The SMILES string of the molecule is COCC1(C)Cc2ccc(C)cc2N1. The fraction of sp³-hybridized carbons (Fsp3) is 0.500. The van der Waals surface area contributed by atoms with E-state index in [-0.39, 0.29) is 5.54 Å². The Morgan fingerprint density at radius 3 is 3.00 bits per heavy atom. The molecule has 1 aliphatic rings. The zero-order valence-corrected chi connectivity index (χ0v) is 9.05. The Morgan fingerprint density at radius 1 is 1.50 bits per heavy atom. The largest absolute Gasteiger partial charge is 0.382 e. The molecule has 0 fully saturated rings. The van der Waals surface area contributed by atoms with E-state index in [0.29, 0.717) is 0 Å². The van der Waals surface area contributed by atoms with E-state index in [9.17, 15) is 0 Å². The Balaban J connectivity index is 2.25. The van der Waals surface area contributed by atoms with Gasteiger partial charge in [0.2, 0.25) is 0 Å². The number of rotatable bonds is 2. The number of fused-ring (bicyclic) bond motifs is 1. The van der Waals surface area contributed by atoms with E-state index in [2.05, 4.69) is 37.4 Å². The fourth-order valence-electron chi connectivity index (χ4n) is 2.16. The Morgan fingerprint density at radius 2 is 2.29 bits per heavy atom. The lowest BCUT2D eigenvalue weighted by molar-refractivity contribution is 0.153. The minimum Gasteiger partial charge on any atom is -0.382 e. The molecule has 1 aromatic rings. The van der Waals surface area contributed by atoms with Crippen molar-refractivity contribution in [1.29, 1.82) is 0 Å². The molecule has 0 spiro atoms. The summed E-state index contributed by atoms with van der Waals surface area (Å²) < 4.78 is 5.23. The maximum atomic E-state index is 5.23. The molecule has 1 aromatic carbocycles. The van der Waals surface area contributed by atoms with Crippen molar-refractivity contribution < 1.29 is 4.74 Å². The highest BCUT2D eigenvalue weighted by Crippen LogP contribution is 2.32. The van der Waals surface area contributed by atoms with Crippen molar-refractivity contribution in [3.8, 4) is 0 Å². The smallest absolute Gasteiger partial charge is 0.0693 e. The standard InChI is InChI=1S/C12H17NO/c1-9-4-5-10-7-12(2,8-14-3)13-11(10)6-9/h4-6,13H,7-8H2,1-3H3. The molecule has 1 aliphatic heterocycles. The third-order valence-corrected chi connectivity index (χ3v) is 2.75. The predicted octanol–water partition coefficient (Wildman–Crippen LogP) is 2.37. The van der Waals surface area contributed by atoms with Gasteiger partial charge in [-0.25, -0.2) is 0 Å². The molecule has 76 valence electrons. The van der Waals surface area contributed by atoms with Crippen LogP contribution in [0.25, 0.3) is 0 Å². The average Bonchev–Trinajstić information content (AvgIpc) is 2.40. The van der Waals surface area contributed by atoms with Gasteiger partial charge in [0.25, 0.3) is 0 Å². The van der Waals surface area contributed by atoms with Gasteiger partial charge in [0.1, 0.15) is 0 Å². The monoisotopic (exact) mass is 191 g/mol. The minimum atomic E-state index is 0.0743.